The zero-order valence-corrected chi connectivity index (χ0v) is 10.7. The predicted octanol–water partition coefficient (Wildman–Crippen LogP) is 2.27. The smallest absolute Gasteiger partial charge is 0.123 e. The number of methoxy groups -OCH3 is 1. The third-order valence-electron chi connectivity index (χ3n) is 3.37. The fourth-order valence-electron chi connectivity index (χ4n) is 2.48. The van der Waals surface area contributed by atoms with E-state index in [1.165, 1.54) is 12.1 Å². The van der Waals surface area contributed by atoms with Crippen LogP contribution in [0.25, 0.3) is 0 Å². The van der Waals surface area contributed by atoms with Gasteiger partial charge in [0.2, 0.25) is 0 Å². The van der Waals surface area contributed by atoms with Crippen LogP contribution in [0.5, 0.6) is 5.75 Å². The Hall–Kier alpha value is -1.13. The lowest BCUT2D eigenvalue weighted by atomic mass is 10.0. The lowest BCUT2D eigenvalue weighted by Crippen LogP contribution is -2.17. The van der Waals surface area contributed by atoms with E-state index >= 15 is 0 Å². The van der Waals surface area contributed by atoms with E-state index in [9.17, 15) is 4.39 Å². The minimum absolute atomic E-state index is 0.150. The molecule has 1 aliphatic rings. The molecule has 0 amide bonds. The maximum absolute atomic E-state index is 13.2. The first-order valence-electron chi connectivity index (χ1n) is 6.41. The number of hydrogen-bond acceptors (Lipinski definition) is 3. The summed E-state index contributed by atoms with van der Waals surface area (Å²) in [4.78, 5) is 0. The minimum Gasteiger partial charge on any atom is -0.496 e. The molecule has 0 spiro atoms. The van der Waals surface area contributed by atoms with Crippen LogP contribution in [-0.2, 0) is 11.2 Å². The molecule has 0 aliphatic carbocycles. The second kappa shape index (κ2) is 6.16. The first kappa shape index (κ1) is 13.3. The normalized spacial score (nSPS) is 23.3. The van der Waals surface area contributed by atoms with Crippen LogP contribution in [0.15, 0.2) is 18.2 Å². The number of nitrogens with two attached hydrogens (primary N) is 1. The van der Waals surface area contributed by atoms with Crippen molar-refractivity contribution in [3.8, 4) is 5.75 Å². The number of benzene rings is 1. The van der Waals surface area contributed by atoms with Crippen molar-refractivity contribution in [1.29, 1.82) is 0 Å². The van der Waals surface area contributed by atoms with E-state index in [1.807, 2.05) is 0 Å². The van der Waals surface area contributed by atoms with Crippen molar-refractivity contribution in [2.75, 3.05) is 13.7 Å². The summed E-state index contributed by atoms with van der Waals surface area (Å²) in [5, 5.41) is 0. The number of ether oxygens (including phenoxy) is 2. The van der Waals surface area contributed by atoms with Crippen LogP contribution in [-0.4, -0.2) is 25.9 Å². The molecule has 0 bridgehead atoms. The zero-order chi connectivity index (χ0) is 13.0. The van der Waals surface area contributed by atoms with Gasteiger partial charge in [-0.15, -0.1) is 0 Å². The molecule has 0 unspecified atom stereocenters. The predicted molar refractivity (Wildman–Crippen MR) is 68.2 cm³/mol. The summed E-state index contributed by atoms with van der Waals surface area (Å²) in [5.74, 6) is 0.490. The van der Waals surface area contributed by atoms with E-state index in [4.69, 9.17) is 15.2 Å². The second-order valence-electron chi connectivity index (χ2n) is 4.70. The lowest BCUT2D eigenvalue weighted by Gasteiger charge is -2.15. The van der Waals surface area contributed by atoms with Crippen LogP contribution in [0.3, 0.4) is 0 Å². The highest BCUT2D eigenvalue weighted by Gasteiger charge is 2.25. The third-order valence-corrected chi connectivity index (χ3v) is 3.37. The zero-order valence-electron chi connectivity index (χ0n) is 10.7. The maximum atomic E-state index is 13.2. The number of rotatable bonds is 5. The highest BCUT2D eigenvalue weighted by molar-refractivity contribution is 5.34. The van der Waals surface area contributed by atoms with Crippen LogP contribution in [0.2, 0.25) is 0 Å². The molecule has 2 atom stereocenters. The van der Waals surface area contributed by atoms with Gasteiger partial charge in [0, 0.05) is 6.42 Å². The molecule has 1 fully saturated rings. The summed E-state index contributed by atoms with van der Waals surface area (Å²) in [6.07, 6.45) is 4.06. The van der Waals surface area contributed by atoms with Gasteiger partial charge in [0.05, 0.1) is 19.3 Å². The Balaban J connectivity index is 1.99. The van der Waals surface area contributed by atoms with E-state index in [1.54, 1.807) is 13.2 Å². The van der Waals surface area contributed by atoms with Gasteiger partial charge in [-0.2, -0.15) is 0 Å². The highest BCUT2D eigenvalue weighted by Crippen LogP contribution is 2.28. The molecular weight excluding hydrogens is 233 g/mol. The first-order chi connectivity index (χ1) is 8.72. The molecule has 100 valence electrons. The molecule has 18 heavy (non-hydrogen) atoms. The van der Waals surface area contributed by atoms with Crippen LogP contribution in [0, 0.1) is 5.82 Å². The monoisotopic (exact) mass is 253 g/mol. The summed E-state index contributed by atoms with van der Waals surface area (Å²) in [7, 11) is 1.60. The van der Waals surface area contributed by atoms with Gasteiger partial charge in [0.15, 0.2) is 0 Å². The van der Waals surface area contributed by atoms with Gasteiger partial charge in [0.25, 0.3) is 0 Å². The van der Waals surface area contributed by atoms with E-state index in [0.29, 0.717) is 13.0 Å². The Morgan fingerprint density at radius 3 is 2.89 bits per heavy atom. The van der Waals surface area contributed by atoms with Crippen molar-refractivity contribution in [1.82, 2.24) is 0 Å². The van der Waals surface area contributed by atoms with Crippen molar-refractivity contribution < 1.29 is 13.9 Å². The average molecular weight is 253 g/mol. The Morgan fingerprint density at radius 2 is 2.17 bits per heavy atom. The van der Waals surface area contributed by atoms with Crippen molar-refractivity contribution in [2.45, 2.75) is 37.9 Å². The Morgan fingerprint density at radius 1 is 1.39 bits per heavy atom. The van der Waals surface area contributed by atoms with Gasteiger partial charge in [-0.05, 0) is 49.6 Å². The van der Waals surface area contributed by atoms with Crippen LogP contribution in [0.4, 0.5) is 4.39 Å². The van der Waals surface area contributed by atoms with E-state index < -0.39 is 0 Å². The van der Waals surface area contributed by atoms with Crippen LogP contribution in [0.1, 0.15) is 24.8 Å². The summed E-state index contributed by atoms with van der Waals surface area (Å²) in [6.45, 7) is 0.653. The summed E-state index contributed by atoms with van der Waals surface area (Å²) in [6, 6.07) is 4.60. The van der Waals surface area contributed by atoms with Crippen molar-refractivity contribution in [2.24, 2.45) is 5.73 Å². The van der Waals surface area contributed by atoms with Crippen LogP contribution < -0.4 is 10.5 Å². The summed E-state index contributed by atoms with van der Waals surface area (Å²) >= 11 is 0. The molecule has 2 N–H and O–H groups in total. The maximum Gasteiger partial charge on any atom is 0.123 e. The van der Waals surface area contributed by atoms with E-state index in [0.717, 1.165) is 30.6 Å². The molecule has 1 heterocycles. The topological polar surface area (TPSA) is 44.5 Å². The molecule has 1 saturated heterocycles. The van der Waals surface area contributed by atoms with Crippen LogP contribution >= 0.6 is 0 Å². The van der Waals surface area contributed by atoms with E-state index in [2.05, 4.69) is 0 Å². The highest BCUT2D eigenvalue weighted by atomic mass is 19.1. The average Bonchev–Trinajstić information content (AvgIpc) is 2.77. The number of hydrogen-bond donors (Lipinski definition) is 1. The SMILES string of the molecule is COc1ccc(F)cc1C[C@@H]1CC[C@@H](CCN)O1. The minimum atomic E-state index is -0.234. The van der Waals surface area contributed by atoms with Gasteiger partial charge < -0.3 is 15.2 Å². The molecule has 0 aromatic heterocycles. The molecular formula is C14H20FNO2. The standard InChI is InChI=1S/C14H20FNO2/c1-17-14-5-2-11(15)8-10(14)9-13-4-3-12(18-13)6-7-16/h2,5,8,12-13H,3-4,6-7,9,16H2,1H3/t12-,13-/m0/s1. The van der Waals surface area contributed by atoms with Gasteiger partial charge in [-0.1, -0.05) is 0 Å². The van der Waals surface area contributed by atoms with Crippen molar-refractivity contribution >= 4 is 0 Å². The fraction of sp³-hybridized carbons (Fsp3) is 0.571. The van der Waals surface area contributed by atoms with Gasteiger partial charge >= 0.3 is 0 Å². The summed E-state index contributed by atoms with van der Waals surface area (Å²) in [5.41, 5.74) is 6.39. The fourth-order valence-corrected chi connectivity index (χ4v) is 2.48. The Labute approximate surface area is 107 Å². The summed E-state index contributed by atoms with van der Waals surface area (Å²) < 4.78 is 24.4. The van der Waals surface area contributed by atoms with Crippen molar-refractivity contribution in [3.63, 3.8) is 0 Å². The van der Waals surface area contributed by atoms with E-state index in [-0.39, 0.29) is 18.0 Å². The molecule has 0 saturated carbocycles. The first-order valence-corrected chi connectivity index (χ1v) is 6.41. The Kier molecular flexibility index (Phi) is 4.55. The largest absolute Gasteiger partial charge is 0.496 e. The van der Waals surface area contributed by atoms with Crippen molar-refractivity contribution in [3.05, 3.63) is 29.6 Å². The molecule has 1 aromatic rings. The second-order valence-corrected chi connectivity index (χ2v) is 4.70. The third kappa shape index (κ3) is 3.21. The molecule has 0 radical (unpaired) electrons. The number of halogens is 1. The quantitative estimate of drug-likeness (QED) is 0.875. The Bertz CT molecular complexity index is 397. The molecule has 4 heteroatoms. The molecule has 2 rings (SSSR count). The molecule has 1 aliphatic heterocycles. The lowest BCUT2D eigenvalue weighted by molar-refractivity contribution is 0.0422. The molecule has 3 nitrogen and oxygen atoms in total. The van der Waals surface area contributed by atoms with Gasteiger partial charge in [-0.25, -0.2) is 4.39 Å². The molecule has 1 aromatic carbocycles. The van der Waals surface area contributed by atoms with Gasteiger partial charge in [-0.3, -0.25) is 0 Å². The van der Waals surface area contributed by atoms with Gasteiger partial charge in [0.1, 0.15) is 11.6 Å².